The molecule has 2 N–H and O–H groups in total. The van der Waals surface area contributed by atoms with E-state index in [4.69, 9.17) is 9.84 Å². The zero-order valence-electron chi connectivity index (χ0n) is 18.5. The van der Waals surface area contributed by atoms with Crippen LogP contribution in [0.3, 0.4) is 0 Å². The molecule has 0 saturated heterocycles. The molecule has 0 aliphatic heterocycles. The highest BCUT2D eigenvalue weighted by Gasteiger charge is 2.14. The predicted octanol–water partition coefficient (Wildman–Crippen LogP) is 1.27. The summed E-state index contributed by atoms with van der Waals surface area (Å²) >= 11 is 0. The van der Waals surface area contributed by atoms with Gasteiger partial charge in [0.25, 0.3) is 11.1 Å². The van der Waals surface area contributed by atoms with E-state index in [-0.39, 0.29) is 34.8 Å². The zero-order chi connectivity index (χ0) is 24.5. The zero-order valence-corrected chi connectivity index (χ0v) is 18.5. The first kappa shape index (κ1) is 21.8. The Hall–Kier alpha value is -5.00. The van der Waals surface area contributed by atoms with E-state index in [9.17, 15) is 14.4 Å². The number of methoxy groups -OCH3 is 1. The monoisotopic (exact) mass is 473 g/mol. The van der Waals surface area contributed by atoms with E-state index < -0.39 is 11.5 Å². The maximum atomic E-state index is 12.8. The lowest BCUT2D eigenvalue weighted by Crippen LogP contribution is -2.21. The van der Waals surface area contributed by atoms with Gasteiger partial charge in [-0.3, -0.25) is 14.6 Å². The Morgan fingerprint density at radius 1 is 1.03 bits per heavy atom. The predicted molar refractivity (Wildman–Crippen MR) is 124 cm³/mol. The van der Waals surface area contributed by atoms with E-state index in [1.165, 1.54) is 23.3 Å². The standard InChI is InChI=1S/C23H19N7O5/c1-35-17-5-2-14(3-6-17)9-28-10-15(4-7-18(28)31)11-29-13-24-20-19(29)21(32)27-23(26-20)30-12-16(8-25-30)22(33)34/h2-8,10,12-13H,9,11H2,1H3,(H,33,34)(H,26,27,32). The smallest absolute Gasteiger partial charge is 0.338 e. The molecule has 12 heteroatoms. The van der Waals surface area contributed by atoms with Gasteiger partial charge in [0.05, 0.1) is 38.3 Å². The lowest BCUT2D eigenvalue weighted by molar-refractivity contribution is 0.0697. The Labute approximate surface area is 196 Å². The number of aromatic amines is 1. The van der Waals surface area contributed by atoms with Crippen LogP contribution in [0.2, 0.25) is 0 Å². The highest BCUT2D eigenvalue weighted by molar-refractivity contribution is 5.86. The molecule has 0 aliphatic carbocycles. The number of rotatable bonds is 7. The highest BCUT2D eigenvalue weighted by Crippen LogP contribution is 2.13. The van der Waals surface area contributed by atoms with Crippen LogP contribution in [0.1, 0.15) is 21.5 Å². The Balaban J connectivity index is 1.43. The molecule has 5 aromatic rings. The number of carboxylic acids is 1. The van der Waals surface area contributed by atoms with Gasteiger partial charge in [0.1, 0.15) is 5.75 Å². The minimum atomic E-state index is -1.14. The van der Waals surface area contributed by atoms with E-state index in [0.29, 0.717) is 6.54 Å². The molecule has 0 unspecified atom stereocenters. The molecule has 0 amide bonds. The van der Waals surface area contributed by atoms with Gasteiger partial charge in [-0.1, -0.05) is 18.2 Å². The summed E-state index contributed by atoms with van der Waals surface area (Å²) in [5.74, 6) is -0.357. The van der Waals surface area contributed by atoms with Crippen molar-refractivity contribution in [3.8, 4) is 11.7 Å². The van der Waals surface area contributed by atoms with Crippen molar-refractivity contribution < 1.29 is 14.6 Å². The number of pyridine rings is 1. The number of carbonyl (C=O) groups is 1. The SMILES string of the molecule is COc1ccc(Cn2cc(Cn3cnc4nc(-n5cc(C(=O)O)cn5)[nH]c(=O)c43)ccc2=O)cc1. The quantitative estimate of drug-likeness (QED) is 0.359. The lowest BCUT2D eigenvalue weighted by atomic mass is 10.2. The van der Waals surface area contributed by atoms with E-state index in [0.717, 1.165) is 23.1 Å². The minimum Gasteiger partial charge on any atom is -0.497 e. The number of hydrogen-bond acceptors (Lipinski definition) is 7. The van der Waals surface area contributed by atoms with Crippen molar-refractivity contribution in [2.24, 2.45) is 0 Å². The fourth-order valence-electron chi connectivity index (χ4n) is 3.67. The number of carboxylic acid groups (broad SMARTS) is 1. The number of aromatic carboxylic acids is 1. The molecule has 1 aromatic carbocycles. The summed E-state index contributed by atoms with van der Waals surface area (Å²) in [5, 5.41) is 13.0. The molecule has 35 heavy (non-hydrogen) atoms. The number of fused-ring (bicyclic) bond motifs is 1. The van der Waals surface area contributed by atoms with Crippen LogP contribution in [0, 0.1) is 0 Å². The van der Waals surface area contributed by atoms with Crippen molar-refractivity contribution >= 4 is 17.1 Å². The van der Waals surface area contributed by atoms with E-state index in [1.807, 2.05) is 24.3 Å². The van der Waals surface area contributed by atoms with E-state index in [2.05, 4.69) is 20.1 Å². The molecular weight excluding hydrogens is 454 g/mol. The number of nitrogens with one attached hydrogen (secondary N) is 1. The highest BCUT2D eigenvalue weighted by atomic mass is 16.5. The number of benzene rings is 1. The number of imidazole rings is 1. The average molecular weight is 473 g/mol. The van der Waals surface area contributed by atoms with Crippen LogP contribution >= 0.6 is 0 Å². The Kier molecular flexibility index (Phi) is 5.45. The van der Waals surface area contributed by atoms with Crippen LogP contribution in [0.5, 0.6) is 5.75 Å². The second-order valence-corrected chi connectivity index (χ2v) is 7.76. The third-order valence-corrected chi connectivity index (χ3v) is 5.43. The van der Waals surface area contributed by atoms with E-state index >= 15 is 0 Å². The summed E-state index contributed by atoms with van der Waals surface area (Å²) in [6.45, 7) is 0.670. The fourth-order valence-corrected chi connectivity index (χ4v) is 3.67. The molecule has 0 fully saturated rings. The molecule has 4 heterocycles. The Morgan fingerprint density at radius 2 is 1.77 bits per heavy atom. The second-order valence-electron chi connectivity index (χ2n) is 7.76. The van der Waals surface area contributed by atoms with Gasteiger partial charge in [0.15, 0.2) is 11.2 Å². The largest absolute Gasteiger partial charge is 0.497 e. The Bertz CT molecular complexity index is 1660. The van der Waals surface area contributed by atoms with Crippen LogP contribution < -0.4 is 15.9 Å². The van der Waals surface area contributed by atoms with Gasteiger partial charge in [-0.15, -0.1) is 0 Å². The number of ether oxygens (including phenoxy) is 1. The van der Waals surface area contributed by atoms with Gasteiger partial charge >= 0.3 is 5.97 Å². The number of nitrogens with zero attached hydrogens (tertiary/aromatic N) is 6. The first-order chi connectivity index (χ1) is 16.9. The molecule has 12 nitrogen and oxygen atoms in total. The van der Waals surface area contributed by atoms with Crippen LogP contribution in [0.4, 0.5) is 0 Å². The van der Waals surface area contributed by atoms with Crippen LogP contribution in [-0.4, -0.2) is 52.1 Å². The molecule has 0 aliphatic rings. The molecule has 0 spiro atoms. The first-order valence-electron chi connectivity index (χ1n) is 10.5. The van der Waals surface area contributed by atoms with Crippen molar-refractivity contribution in [3.63, 3.8) is 0 Å². The van der Waals surface area contributed by atoms with Crippen LogP contribution in [0.15, 0.2) is 70.9 Å². The molecule has 176 valence electrons. The summed E-state index contributed by atoms with van der Waals surface area (Å²) in [4.78, 5) is 47.4. The second kappa shape index (κ2) is 8.74. The van der Waals surface area contributed by atoms with Crippen LogP contribution in [-0.2, 0) is 13.1 Å². The maximum absolute atomic E-state index is 12.8. The molecule has 5 rings (SSSR count). The third kappa shape index (κ3) is 4.31. The third-order valence-electron chi connectivity index (χ3n) is 5.43. The number of H-pyrrole nitrogens is 1. The van der Waals surface area contributed by atoms with Gasteiger partial charge in [-0.25, -0.2) is 14.5 Å². The average Bonchev–Trinajstić information content (AvgIpc) is 3.50. The molecule has 4 aromatic heterocycles. The molecular formula is C23H19N7O5. The Morgan fingerprint density at radius 3 is 2.49 bits per heavy atom. The van der Waals surface area contributed by atoms with Gasteiger partial charge in [0.2, 0.25) is 5.95 Å². The van der Waals surface area contributed by atoms with Gasteiger partial charge < -0.3 is 19.0 Å². The number of aromatic nitrogens is 7. The number of hydrogen-bond donors (Lipinski definition) is 2. The summed E-state index contributed by atoms with van der Waals surface area (Å²) in [6, 6.07) is 10.6. The van der Waals surface area contributed by atoms with Crippen molar-refractivity contribution in [1.29, 1.82) is 0 Å². The fraction of sp³-hybridized carbons (Fsp3) is 0.130. The normalized spacial score (nSPS) is 11.1. The topological polar surface area (TPSA) is 150 Å². The lowest BCUT2D eigenvalue weighted by Gasteiger charge is -2.10. The summed E-state index contributed by atoms with van der Waals surface area (Å²) in [7, 11) is 1.59. The molecule has 0 saturated carbocycles. The molecule has 0 radical (unpaired) electrons. The van der Waals surface area contributed by atoms with Crippen molar-refractivity contribution in [3.05, 3.63) is 98.7 Å². The molecule has 0 bridgehead atoms. The maximum Gasteiger partial charge on any atom is 0.338 e. The summed E-state index contributed by atoms with van der Waals surface area (Å²) < 4.78 is 9.56. The molecule has 0 atom stereocenters. The van der Waals surface area contributed by atoms with Crippen LogP contribution in [0.25, 0.3) is 17.1 Å². The van der Waals surface area contributed by atoms with E-state index in [1.54, 1.807) is 28.5 Å². The van der Waals surface area contributed by atoms with Gasteiger partial charge in [-0.2, -0.15) is 10.1 Å². The van der Waals surface area contributed by atoms with Gasteiger partial charge in [0, 0.05) is 18.5 Å². The van der Waals surface area contributed by atoms with Crippen molar-refractivity contribution in [1.82, 2.24) is 33.9 Å². The van der Waals surface area contributed by atoms with Gasteiger partial charge in [-0.05, 0) is 23.3 Å². The minimum absolute atomic E-state index is 0.0389. The van der Waals surface area contributed by atoms with Crippen molar-refractivity contribution in [2.75, 3.05) is 7.11 Å². The van der Waals surface area contributed by atoms with Crippen molar-refractivity contribution in [2.45, 2.75) is 13.1 Å². The first-order valence-corrected chi connectivity index (χ1v) is 10.5. The summed E-state index contributed by atoms with van der Waals surface area (Å²) in [6.07, 6.45) is 5.63. The summed E-state index contributed by atoms with van der Waals surface area (Å²) in [5.41, 5.74) is 1.51.